The molecule has 1 amide bonds. The Balaban J connectivity index is 1.46. The molecular formula is C27H28N2OS. The minimum absolute atomic E-state index is 0.141. The molecule has 4 fully saturated rings. The van der Waals surface area contributed by atoms with E-state index in [9.17, 15) is 4.79 Å². The van der Waals surface area contributed by atoms with Crippen molar-refractivity contribution in [1.29, 1.82) is 0 Å². The molecule has 0 saturated heterocycles. The summed E-state index contributed by atoms with van der Waals surface area (Å²) in [5.74, 6) is 2.40. The van der Waals surface area contributed by atoms with Crippen LogP contribution in [0, 0.1) is 23.2 Å². The van der Waals surface area contributed by atoms with Crippen LogP contribution in [0.2, 0.25) is 0 Å². The van der Waals surface area contributed by atoms with Gasteiger partial charge in [-0.25, -0.2) is 0 Å². The van der Waals surface area contributed by atoms with Crippen LogP contribution in [0.5, 0.6) is 0 Å². The highest BCUT2D eigenvalue weighted by atomic mass is 32.1. The lowest BCUT2D eigenvalue weighted by Gasteiger charge is -2.55. The van der Waals surface area contributed by atoms with Gasteiger partial charge in [0.05, 0.1) is 16.0 Å². The van der Waals surface area contributed by atoms with Crippen molar-refractivity contribution in [2.24, 2.45) is 35.2 Å². The molecule has 0 radical (unpaired) electrons. The monoisotopic (exact) mass is 428 g/mol. The van der Waals surface area contributed by atoms with Crippen molar-refractivity contribution in [3.8, 4) is 21.7 Å². The molecule has 0 spiro atoms. The molecule has 4 bridgehead atoms. The molecular weight excluding hydrogens is 400 g/mol. The highest BCUT2D eigenvalue weighted by Crippen LogP contribution is 2.60. The molecule has 1 heterocycles. The maximum atomic E-state index is 13.6. The smallest absolute Gasteiger partial charge is 0.254 e. The molecule has 1 aromatic heterocycles. The number of rotatable bonds is 3. The molecule has 0 atom stereocenters. The average molecular weight is 429 g/mol. The van der Waals surface area contributed by atoms with Crippen LogP contribution in [0.25, 0.3) is 21.7 Å². The van der Waals surface area contributed by atoms with Crippen LogP contribution >= 0.6 is 11.3 Å². The molecule has 3 nitrogen and oxygen atoms in total. The number of nitrogens with zero attached hydrogens (tertiary/aromatic N) is 2. The van der Waals surface area contributed by atoms with E-state index in [2.05, 4.69) is 60.1 Å². The fraction of sp³-hybridized carbons (Fsp3) is 0.407. The van der Waals surface area contributed by atoms with E-state index in [4.69, 9.17) is 4.99 Å². The number of aromatic nitrogens is 1. The second kappa shape index (κ2) is 7.30. The predicted octanol–water partition coefficient (Wildman–Crippen LogP) is 6.06. The van der Waals surface area contributed by atoms with E-state index in [-0.39, 0.29) is 11.3 Å². The maximum absolute atomic E-state index is 13.6. The van der Waals surface area contributed by atoms with Gasteiger partial charge in [0.2, 0.25) is 0 Å². The summed E-state index contributed by atoms with van der Waals surface area (Å²) in [5.41, 5.74) is 3.27. The van der Waals surface area contributed by atoms with Gasteiger partial charge in [0.25, 0.3) is 5.91 Å². The second-order valence-electron chi connectivity index (χ2n) is 9.97. The summed E-state index contributed by atoms with van der Waals surface area (Å²) >= 11 is 1.64. The lowest BCUT2D eigenvalue weighted by molar-refractivity contribution is -0.142. The summed E-state index contributed by atoms with van der Waals surface area (Å²) in [6.07, 6.45) is 7.22. The van der Waals surface area contributed by atoms with Crippen LogP contribution in [0.3, 0.4) is 0 Å². The third-order valence-electron chi connectivity index (χ3n) is 7.80. The molecule has 7 rings (SSSR count). The molecule has 4 saturated carbocycles. The molecule has 4 aliphatic carbocycles. The summed E-state index contributed by atoms with van der Waals surface area (Å²) in [6, 6.07) is 20.9. The first-order valence-corrected chi connectivity index (χ1v) is 12.3. The first kappa shape index (κ1) is 19.2. The first-order chi connectivity index (χ1) is 15.1. The van der Waals surface area contributed by atoms with Crippen LogP contribution in [0.4, 0.5) is 0 Å². The van der Waals surface area contributed by atoms with Gasteiger partial charge >= 0.3 is 0 Å². The third kappa shape index (κ3) is 3.23. The summed E-state index contributed by atoms with van der Waals surface area (Å²) in [7, 11) is 2.05. The molecule has 0 unspecified atom stereocenters. The predicted molar refractivity (Wildman–Crippen MR) is 125 cm³/mol. The van der Waals surface area contributed by atoms with Crippen LogP contribution in [-0.4, -0.2) is 10.5 Å². The van der Waals surface area contributed by atoms with E-state index in [0.29, 0.717) is 0 Å². The van der Waals surface area contributed by atoms with Crippen molar-refractivity contribution in [2.45, 2.75) is 38.5 Å². The number of carbonyl (C=O) groups is 1. The van der Waals surface area contributed by atoms with Gasteiger partial charge in [0.15, 0.2) is 4.80 Å². The van der Waals surface area contributed by atoms with E-state index in [1.807, 2.05) is 12.1 Å². The minimum Gasteiger partial charge on any atom is -0.319 e. The normalized spacial score (nSPS) is 29.5. The van der Waals surface area contributed by atoms with E-state index in [1.165, 1.54) is 29.7 Å². The van der Waals surface area contributed by atoms with Crippen LogP contribution < -0.4 is 4.80 Å². The quantitative estimate of drug-likeness (QED) is 0.499. The van der Waals surface area contributed by atoms with Gasteiger partial charge in [-0.1, -0.05) is 72.0 Å². The number of benzene rings is 2. The van der Waals surface area contributed by atoms with Crippen LogP contribution in [-0.2, 0) is 11.8 Å². The molecule has 4 aliphatic rings. The zero-order valence-electron chi connectivity index (χ0n) is 18.0. The minimum atomic E-state index is -0.189. The van der Waals surface area contributed by atoms with Crippen molar-refractivity contribution in [1.82, 2.24) is 4.57 Å². The van der Waals surface area contributed by atoms with Gasteiger partial charge < -0.3 is 4.57 Å². The molecule has 0 N–H and O–H groups in total. The lowest BCUT2D eigenvalue weighted by Crippen LogP contribution is -2.49. The Hall–Kier alpha value is -2.46. The van der Waals surface area contributed by atoms with Gasteiger partial charge in [-0.15, -0.1) is 0 Å². The van der Waals surface area contributed by atoms with Gasteiger partial charge in [0, 0.05) is 7.05 Å². The summed E-state index contributed by atoms with van der Waals surface area (Å²) < 4.78 is 2.13. The lowest BCUT2D eigenvalue weighted by atomic mass is 9.49. The third-order valence-corrected chi connectivity index (χ3v) is 8.98. The van der Waals surface area contributed by atoms with Crippen molar-refractivity contribution in [3.05, 3.63) is 65.5 Å². The number of carbonyl (C=O) groups excluding carboxylic acids is 1. The Morgan fingerprint density at radius 1 is 0.871 bits per heavy atom. The van der Waals surface area contributed by atoms with Crippen LogP contribution in [0.15, 0.2) is 65.7 Å². The average Bonchev–Trinajstić information content (AvgIpc) is 3.10. The first-order valence-electron chi connectivity index (χ1n) is 11.5. The summed E-state index contributed by atoms with van der Waals surface area (Å²) in [5, 5.41) is 0. The van der Waals surface area contributed by atoms with Gasteiger partial charge in [-0.3, -0.25) is 4.79 Å². The Morgan fingerprint density at radius 3 is 1.94 bits per heavy atom. The van der Waals surface area contributed by atoms with Gasteiger partial charge in [0.1, 0.15) is 0 Å². The Labute approximate surface area is 187 Å². The van der Waals surface area contributed by atoms with Crippen molar-refractivity contribution in [2.75, 3.05) is 0 Å². The Morgan fingerprint density at radius 2 is 1.39 bits per heavy atom. The highest BCUT2D eigenvalue weighted by Gasteiger charge is 2.54. The zero-order valence-corrected chi connectivity index (χ0v) is 18.8. The summed E-state index contributed by atoms with van der Waals surface area (Å²) in [4.78, 5) is 20.5. The number of thiazole rings is 1. The van der Waals surface area contributed by atoms with Crippen molar-refractivity contribution in [3.63, 3.8) is 0 Å². The van der Waals surface area contributed by atoms with Crippen LogP contribution in [0.1, 0.15) is 38.5 Å². The summed E-state index contributed by atoms with van der Waals surface area (Å²) in [6.45, 7) is 0. The molecule has 31 heavy (non-hydrogen) atoms. The molecule has 3 aromatic rings. The molecule has 2 aromatic carbocycles. The van der Waals surface area contributed by atoms with E-state index in [1.54, 1.807) is 11.3 Å². The zero-order chi connectivity index (χ0) is 21.0. The maximum Gasteiger partial charge on any atom is 0.254 e. The molecule has 158 valence electrons. The van der Waals surface area contributed by atoms with E-state index >= 15 is 0 Å². The van der Waals surface area contributed by atoms with E-state index < -0.39 is 0 Å². The fourth-order valence-electron chi connectivity index (χ4n) is 6.84. The highest BCUT2D eigenvalue weighted by molar-refractivity contribution is 7.13. The Bertz CT molecular complexity index is 1150. The number of hydrogen-bond donors (Lipinski definition) is 0. The second-order valence-corrected chi connectivity index (χ2v) is 10.9. The van der Waals surface area contributed by atoms with Crippen molar-refractivity contribution < 1.29 is 4.79 Å². The fourth-order valence-corrected chi connectivity index (χ4v) is 7.98. The standard InChI is InChI=1S/C27H28N2OS/c1-29-23(21-8-4-2-5-9-21)24(22-10-6-3-7-11-22)31-26(29)28-25(30)27-15-18-12-19(16-27)14-20(13-18)17-27/h2-11,18-20H,12-17H2,1H3. The topological polar surface area (TPSA) is 34.4 Å². The Kier molecular flexibility index (Phi) is 4.53. The van der Waals surface area contributed by atoms with Gasteiger partial charge in [-0.2, -0.15) is 4.99 Å². The number of hydrogen-bond acceptors (Lipinski definition) is 2. The SMILES string of the molecule is Cn1c(-c2ccccc2)c(-c2ccccc2)sc1=NC(=O)C12CC3CC(CC(C3)C1)C2. The molecule has 0 aliphatic heterocycles. The number of amides is 1. The van der Waals surface area contributed by atoms with Gasteiger partial charge in [-0.05, 0) is 67.4 Å². The molecule has 4 heteroatoms. The van der Waals surface area contributed by atoms with Crippen molar-refractivity contribution >= 4 is 17.2 Å². The van der Waals surface area contributed by atoms with E-state index in [0.717, 1.165) is 53.1 Å². The largest absolute Gasteiger partial charge is 0.319 e.